The van der Waals surface area contributed by atoms with Gasteiger partial charge in [-0.3, -0.25) is 4.79 Å². The van der Waals surface area contributed by atoms with Crippen LogP contribution in [-0.4, -0.2) is 66.7 Å². The van der Waals surface area contributed by atoms with Crippen LogP contribution in [0.2, 0.25) is 5.02 Å². The third-order valence-electron chi connectivity index (χ3n) is 6.08. The number of hydrogen-bond acceptors (Lipinski definition) is 6. The molecule has 2 aliphatic heterocycles. The molecule has 0 unspecified atom stereocenters. The smallest absolute Gasteiger partial charge is 0.317 e. The van der Waals surface area contributed by atoms with E-state index >= 15 is 0 Å². The Kier molecular flexibility index (Phi) is 7.72. The summed E-state index contributed by atoms with van der Waals surface area (Å²) in [6.45, 7) is 3.55. The number of likely N-dealkylation sites (tertiary alicyclic amines) is 1. The Morgan fingerprint density at radius 2 is 2.00 bits per heavy atom. The molecule has 0 bridgehead atoms. The lowest BCUT2D eigenvalue weighted by Crippen LogP contribution is -2.45. The maximum atomic E-state index is 12.8. The van der Waals surface area contributed by atoms with Gasteiger partial charge in [0.1, 0.15) is 16.9 Å². The molecular formula is C23H30ClN5O4. The Labute approximate surface area is 198 Å². The Morgan fingerprint density at radius 1 is 1.24 bits per heavy atom. The summed E-state index contributed by atoms with van der Waals surface area (Å²) < 4.78 is 12.8. The third kappa shape index (κ3) is 5.78. The van der Waals surface area contributed by atoms with Crippen molar-refractivity contribution in [3.63, 3.8) is 0 Å². The zero-order chi connectivity index (χ0) is 23.2. The summed E-state index contributed by atoms with van der Waals surface area (Å²) in [5, 5.41) is 10.3. The van der Waals surface area contributed by atoms with Gasteiger partial charge in [-0.25, -0.2) is 4.79 Å². The van der Waals surface area contributed by atoms with E-state index in [1.54, 1.807) is 30.3 Å². The Morgan fingerprint density at radius 3 is 2.67 bits per heavy atom. The Balaban J connectivity index is 1.36. The molecule has 2 amide bonds. The standard InChI is InChI=1S/C23H30ClN5O4/c1-25-23(31)28-10-8-19(9-11-28)33-18-6-4-17(5-7-18)29-22(30)21(24)20(14-27-29)26-13-16-3-2-12-32-15-16/h4-7,14,16,19,26H,2-3,8-13,15H2,1H3,(H,25,31)/t16-/m1/s1. The van der Waals surface area contributed by atoms with Crippen LogP contribution < -0.4 is 20.9 Å². The molecule has 0 aliphatic carbocycles. The van der Waals surface area contributed by atoms with Gasteiger partial charge in [-0.2, -0.15) is 9.78 Å². The molecule has 1 aromatic carbocycles. The summed E-state index contributed by atoms with van der Waals surface area (Å²) in [6.07, 6.45) is 5.32. The van der Waals surface area contributed by atoms with E-state index in [0.29, 0.717) is 42.7 Å². The Hall–Kier alpha value is -2.78. The van der Waals surface area contributed by atoms with Crippen molar-refractivity contribution in [2.45, 2.75) is 31.8 Å². The number of hydrogen-bond donors (Lipinski definition) is 2. The van der Waals surface area contributed by atoms with Crippen molar-refractivity contribution < 1.29 is 14.3 Å². The number of carbonyl (C=O) groups is 1. The second-order valence-electron chi connectivity index (χ2n) is 8.41. The molecule has 1 atom stereocenters. The number of nitrogens with one attached hydrogen (secondary N) is 2. The van der Waals surface area contributed by atoms with Gasteiger partial charge < -0.3 is 25.0 Å². The van der Waals surface area contributed by atoms with E-state index in [1.165, 1.54) is 4.68 Å². The van der Waals surface area contributed by atoms with Crippen LogP contribution >= 0.6 is 11.6 Å². The highest BCUT2D eigenvalue weighted by molar-refractivity contribution is 6.32. The van der Waals surface area contributed by atoms with Gasteiger partial charge in [0.05, 0.1) is 24.2 Å². The van der Waals surface area contributed by atoms with E-state index < -0.39 is 0 Å². The summed E-state index contributed by atoms with van der Waals surface area (Å²) in [5.74, 6) is 1.12. The molecule has 2 fully saturated rings. The van der Waals surface area contributed by atoms with Crippen molar-refractivity contribution >= 4 is 23.3 Å². The van der Waals surface area contributed by atoms with Crippen LogP contribution in [0.3, 0.4) is 0 Å². The van der Waals surface area contributed by atoms with Crippen LogP contribution in [0, 0.1) is 5.92 Å². The van der Waals surface area contributed by atoms with Crippen molar-refractivity contribution in [1.29, 1.82) is 0 Å². The van der Waals surface area contributed by atoms with Gasteiger partial charge in [0.25, 0.3) is 5.56 Å². The molecule has 0 radical (unpaired) electrons. The number of nitrogens with zero attached hydrogens (tertiary/aromatic N) is 3. The molecule has 4 rings (SSSR count). The second-order valence-corrected chi connectivity index (χ2v) is 8.78. The first-order valence-electron chi connectivity index (χ1n) is 11.4. The van der Waals surface area contributed by atoms with Crippen LogP contribution in [0.1, 0.15) is 25.7 Å². The maximum absolute atomic E-state index is 12.8. The van der Waals surface area contributed by atoms with Crippen LogP contribution in [-0.2, 0) is 4.74 Å². The molecule has 2 aromatic rings. The molecule has 9 nitrogen and oxygen atoms in total. The third-order valence-corrected chi connectivity index (χ3v) is 6.45. The van der Waals surface area contributed by atoms with Gasteiger partial charge in [0, 0.05) is 46.1 Å². The minimum Gasteiger partial charge on any atom is -0.490 e. The first-order valence-corrected chi connectivity index (χ1v) is 11.8. The summed E-state index contributed by atoms with van der Waals surface area (Å²) in [5.41, 5.74) is 0.763. The normalized spacial score (nSPS) is 19.2. The number of ether oxygens (including phenoxy) is 2. The van der Waals surface area contributed by atoms with Crippen molar-refractivity contribution in [2.75, 3.05) is 45.2 Å². The fourth-order valence-electron chi connectivity index (χ4n) is 4.16. The van der Waals surface area contributed by atoms with Crippen molar-refractivity contribution in [1.82, 2.24) is 20.0 Å². The van der Waals surface area contributed by atoms with Gasteiger partial charge >= 0.3 is 6.03 Å². The highest BCUT2D eigenvalue weighted by Gasteiger charge is 2.23. The average Bonchev–Trinajstić information content (AvgIpc) is 2.86. The van der Waals surface area contributed by atoms with Gasteiger partial charge in [0.15, 0.2) is 0 Å². The largest absolute Gasteiger partial charge is 0.490 e. The Bertz CT molecular complexity index is 999. The van der Waals surface area contributed by atoms with Crippen LogP contribution in [0.4, 0.5) is 10.5 Å². The van der Waals surface area contributed by atoms with Gasteiger partial charge in [0.2, 0.25) is 0 Å². The van der Waals surface area contributed by atoms with Gasteiger partial charge in [-0.15, -0.1) is 0 Å². The average molecular weight is 476 g/mol. The fraction of sp³-hybridized carbons (Fsp3) is 0.522. The van der Waals surface area contributed by atoms with Crippen molar-refractivity contribution in [2.24, 2.45) is 5.92 Å². The first-order chi connectivity index (χ1) is 16.0. The molecule has 3 heterocycles. The number of aromatic nitrogens is 2. The number of carbonyl (C=O) groups excluding carboxylic acids is 1. The number of rotatable bonds is 6. The lowest BCUT2D eigenvalue weighted by molar-refractivity contribution is 0.0595. The lowest BCUT2D eigenvalue weighted by atomic mass is 10.0. The minimum atomic E-state index is -0.378. The highest BCUT2D eigenvalue weighted by Crippen LogP contribution is 2.22. The topological polar surface area (TPSA) is 97.7 Å². The molecule has 178 valence electrons. The molecular weight excluding hydrogens is 446 g/mol. The number of halogens is 1. The molecule has 33 heavy (non-hydrogen) atoms. The predicted molar refractivity (Wildman–Crippen MR) is 127 cm³/mol. The van der Waals surface area contributed by atoms with E-state index in [-0.39, 0.29) is 22.7 Å². The number of benzene rings is 1. The van der Waals surface area contributed by atoms with E-state index in [9.17, 15) is 9.59 Å². The van der Waals surface area contributed by atoms with E-state index in [0.717, 1.165) is 38.9 Å². The van der Waals surface area contributed by atoms with E-state index in [2.05, 4.69) is 15.7 Å². The SMILES string of the molecule is CNC(=O)N1CCC(Oc2ccc(-n3ncc(NC[C@H]4CCCOC4)c(Cl)c3=O)cc2)CC1. The van der Waals surface area contributed by atoms with Crippen molar-refractivity contribution in [3.05, 3.63) is 45.8 Å². The molecule has 2 N–H and O–H groups in total. The number of piperidine rings is 1. The summed E-state index contributed by atoms with van der Waals surface area (Å²) >= 11 is 6.35. The van der Waals surface area contributed by atoms with Crippen LogP contribution in [0.15, 0.2) is 35.3 Å². The molecule has 2 aliphatic rings. The molecule has 0 spiro atoms. The summed E-state index contributed by atoms with van der Waals surface area (Å²) in [6, 6.07) is 7.15. The molecule has 10 heteroatoms. The molecule has 0 saturated carbocycles. The van der Waals surface area contributed by atoms with E-state index in [1.807, 2.05) is 12.1 Å². The maximum Gasteiger partial charge on any atom is 0.317 e. The zero-order valence-electron chi connectivity index (χ0n) is 18.8. The summed E-state index contributed by atoms with van der Waals surface area (Å²) in [4.78, 5) is 26.3. The minimum absolute atomic E-state index is 0.0481. The van der Waals surface area contributed by atoms with Crippen LogP contribution in [0.5, 0.6) is 5.75 Å². The van der Waals surface area contributed by atoms with Gasteiger partial charge in [-0.1, -0.05) is 11.6 Å². The second kappa shape index (κ2) is 10.9. The number of urea groups is 1. The highest BCUT2D eigenvalue weighted by atomic mass is 35.5. The van der Waals surface area contributed by atoms with E-state index in [4.69, 9.17) is 21.1 Å². The summed E-state index contributed by atoms with van der Waals surface area (Å²) in [7, 11) is 1.64. The quantitative estimate of drug-likeness (QED) is 0.666. The molecule has 1 aromatic heterocycles. The first kappa shape index (κ1) is 23.4. The monoisotopic (exact) mass is 475 g/mol. The van der Waals surface area contributed by atoms with Gasteiger partial charge in [-0.05, 0) is 43.0 Å². The van der Waals surface area contributed by atoms with Crippen LogP contribution in [0.25, 0.3) is 5.69 Å². The fourth-order valence-corrected chi connectivity index (χ4v) is 4.35. The number of anilines is 1. The van der Waals surface area contributed by atoms with Crippen molar-refractivity contribution in [3.8, 4) is 11.4 Å². The lowest BCUT2D eigenvalue weighted by Gasteiger charge is -2.31. The predicted octanol–water partition coefficient (Wildman–Crippen LogP) is 2.91. The zero-order valence-corrected chi connectivity index (χ0v) is 19.5. The molecule has 2 saturated heterocycles. The number of amides is 2.